The number of fused-ring (bicyclic) bond motifs is 1. The number of aliphatic carboxylic acids is 1. The van der Waals surface area contributed by atoms with Crippen LogP contribution in [0.4, 0.5) is 0 Å². The third-order valence-electron chi connectivity index (χ3n) is 5.18. The first-order valence-electron chi connectivity index (χ1n) is 9.51. The predicted molar refractivity (Wildman–Crippen MR) is 112 cm³/mol. The van der Waals surface area contributed by atoms with E-state index < -0.39 is 33.6 Å². The largest absolute Gasteiger partial charge is 0.480 e. The summed E-state index contributed by atoms with van der Waals surface area (Å²) in [5.74, 6) is -1.59. The second-order valence-electron chi connectivity index (χ2n) is 7.44. The topological polar surface area (TPSA) is 114 Å². The molecule has 0 amide bonds. The molecule has 0 aliphatic carbocycles. The van der Waals surface area contributed by atoms with Gasteiger partial charge >= 0.3 is 11.9 Å². The van der Waals surface area contributed by atoms with Crippen LogP contribution in [-0.4, -0.2) is 53.1 Å². The third kappa shape index (κ3) is 4.36. The summed E-state index contributed by atoms with van der Waals surface area (Å²) in [4.78, 5) is 27.7. The normalized spacial score (nSPS) is 21.2. The van der Waals surface area contributed by atoms with Crippen LogP contribution in [-0.2, 0) is 24.3 Å². The standard InChI is InChI=1S/C21H24N2O6S/c1-14(29-15(2)24)18-8-7-17-6-5-16(13-19(17)22-18)9-11-21(20(25)26)10-4-12-23(21)30(3,27)28/h5-9,11,13-14H,4,10,12H2,1-3H3,(H,25,26). The van der Waals surface area contributed by atoms with Crippen LogP contribution in [0.3, 0.4) is 0 Å². The lowest BCUT2D eigenvalue weighted by atomic mass is 9.96. The van der Waals surface area contributed by atoms with Gasteiger partial charge in [0.1, 0.15) is 6.10 Å². The van der Waals surface area contributed by atoms with Crippen LogP contribution < -0.4 is 0 Å². The summed E-state index contributed by atoms with van der Waals surface area (Å²) in [5.41, 5.74) is 0.347. The summed E-state index contributed by atoms with van der Waals surface area (Å²) in [5, 5.41) is 10.7. The van der Waals surface area contributed by atoms with Gasteiger partial charge in [-0.05, 0) is 37.5 Å². The summed E-state index contributed by atoms with van der Waals surface area (Å²) >= 11 is 0. The Balaban J connectivity index is 1.96. The molecular formula is C21H24N2O6S. The van der Waals surface area contributed by atoms with Crippen molar-refractivity contribution >= 4 is 38.9 Å². The van der Waals surface area contributed by atoms with Gasteiger partial charge in [0.2, 0.25) is 10.0 Å². The monoisotopic (exact) mass is 432 g/mol. The molecule has 2 atom stereocenters. The molecule has 2 unspecified atom stereocenters. The van der Waals surface area contributed by atoms with Crippen LogP contribution in [0.1, 0.15) is 44.1 Å². The highest BCUT2D eigenvalue weighted by atomic mass is 32.2. The summed E-state index contributed by atoms with van der Waals surface area (Å²) in [6.45, 7) is 3.24. The fourth-order valence-corrected chi connectivity index (χ4v) is 5.04. The number of carboxylic acid groups (broad SMARTS) is 1. The number of hydrogen-bond donors (Lipinski definition) is 1. The number of rotatable bonds is 6. The molecular weight excluding hydrogens is 408 g/mol. The molecule has 1 N–H and O–H groups in total. The summed E-state index contributed by atoms with van der Waals surface area (Å²) in [6.07, 6.45) is 4.26. The zero-order chi connectivity index (χ0) is 22.1. The maximum Gasteiger partial charge on any atom is 0.329 e. The molecule has 1 aliphatic rings. The molecule has 2 aromatic rings. The minimum atomic E-state index is -3.67. The highest BCUT2D eigenvalue weighted by molar-refractivity contribution is 7.88. The number of carbonyl (C=O) groups excluding carboxylic acids is 1. The smallest absolute Gasteiger partial charge is 0.329 e. The summed E-state index contributed by atoms with van der Waals surface area (Å²) in [6, 6.07) is 9.09. The molecule has 1 aromatic carbocycles. The number of esters is 1. The zero-order valence-electron chi connectivity index (χ0n) is 17.0. The molecule has 0 spiro atoms. The molecule has 1 aromatic heterocycles. The average Bonchev–Trinajstić information content (AvgIpc) is 3.11. The van der Waals surface area contributed by atoms with Crippen LogP contribution in [0.2, 0.25) is 0 Å². The van der Waals surface area contributed by atoms with Gasteiger partial charge in [0, 0.05) is 18.9 Å². The van der Waals surface area contributed by atoms with Crippen molar-refractivity contribution in [2.75, 3.05) is 12.8 Å². The van der Waals surface area contributed by atoms with Crippen LogP contribution in [0.25, 0.3) is 17.0 Å². The van der Waals surface area contributed by atoms with Gasteiger partial charge in [0.05, 0.1) is 17.5 Å². The zero-order valence-corrected chi connectivity index (χ0v) is 17.8. The van der Waals surface area contributed by atoms with Crippen molar-refractivity contribution in [3.63, 3.8) is 0 Å². The Bertz CT molecular complexity index is 1130. The van der Waals surface area contributed by atoms with Crippen molar-refractivity contribution in [1.82, 2.24) is 9.29 Å². The highest BCUT2D eigenvalue weighted by Gasteiger charge is 2.50. The van der Waals surface area contributed by atoms with Gasteiger partial charge in [-0.25, -0.2) is 18.2 Å². The van der Waals surface area contributed by atoms with Crippen molar-refractivity contribution in [2.24, 2.45) is 0 Å². The van der Waals surface area contributed by atoms with Gasteiger partial charge in [0.25, 0.3) is 0 Å². The number of hydrogen-bond acceptors (Lipinski definition) is 6. The highest BCUT2D eigenvalue weighted by Crippen LogP contribution is 2.34. The summed E-state index contributed by atoms with van der Waals surface area (Å²) < 4.78 is 30.4. The number of ether oxygens (including phenoxy) is 1. The number of aromatic nitrogens is 1. The van der Waals surface area contributed by atoms with E-state index >= 15 is 0 Å². The molecule has 0 saturated carbocycles. The molecule has 1 fully saturated rings. The van der Waals surface area contributed by atoms with Crippen LogP contribution >= 0.6 is 0 Å². The van der Waals surface area contributed by atoms with Crippen molar-refractivity contribution in [1.29, 1.82) is 0 Å². The molecule has 3 rings (SSSR count). The van der Waals surface area contributed by atoms with E-state index in [9.17, 15) is 23.1 Å². The van der Waals surface area contributed by atoms with E-state index in [1.165, 1.54) is 13.0 Å². The quantitative estimate of drug-likeness (QED) is 0.698. The van der Waals surface area contributed by atoms with Gasteiger partial charge in [0.15, 0.2) is 5.54 Å². The molecule has 9 heteroatoms. The van der Waals surface area contributed by atoms with Gasteiger partial charge < -0.3 is 9.84 Å². The Hall–Kier alpha value is -2.78. The number of pyridine rings is 1. The van der Waals surface area contributed by atoms with Crippen molar-refractivity contribution in [3.05, 3.63) is 47.7 Å². The Morgan fingerprint density at radius 1 is 1.30 bits per heavy atom. The third-order valence-corrected chi connectivity index (χ3v) is 6.49. The van der Waals surface area contributed by atoms with E-state index in [1.807, 2.05) is 18.2 Å². The van der Waals surface area contributed by atoms with E-state index in [2.05, 4.69) is 4.98 Å². The molecule has 1 saturated heterocycles. The Kier molecular flexibility index (Phi) is 5.96. The summed E-state index contributed by atoms with van der Waals surface area (Å²) in [7, 11) is -3.67. The number of nitrogens with zero attached hydrogens (tertiary/aromatic N) is 2. The van der Waals surface area contributed by atoms with Gasteiger partial charge in [-0.3, -0.25) is 4.79 Å². The minimum Gasteiger partial charge on any atom is -0.480 e. The minimum absolute atomic E-state index is 0.173. The molecule has 0 bridgehead atoms. The van der Waals surface area contributed by atoms with E-state index in [0.29, 0.717) is 23.2 Å². The predicted octanol–water partition coefficient (Wildman–Crippen LogP) is 2.75. The first-order valence-corrected chi connectivity index (χ1v) is 11.4. The second-order valence-corrected chi connectivity index (χ2v) is 9.35. The first kappa shape index (κ1) is 21.9. The van der Waals surface area contributed by atoms with E-state index in [1.54, 1.807) is 25.1 Å². The van der Waals surface area contributed by atoms with Gasteiger partial charge in [-0.2, -0.15) is 4.31 Å². The molecule has 8 nitrogen and oxygen atoms in total. The molecule has 160 valence electrons. The first-order chi connectivity index (χ1) is 14.0. The molecule has 0 radical (unpaired) electrons. The van der Waals surface area contributed by atoms with Crippen LogP contribution in [0.5, 0.6) is 0 Å². The van der Waals surface area contributed by atoms with Crippen molar-refractivity contribution in [3.8, 4) is 0 Å². The SMILES string of the molecule is CC(=O)OC(C)c1ccc2ccc(C=CC3(C(=O)O)CCCN3S(C)(=O)=O)cc2n1. The number of benzene rings is 1. The van der Waals surface area contributed by atoms with Gasteiger partial charge in [-0.1, -0.05) is 30.4 Å². The van der Waals surface area contributed by atoms with Crippen molar-refractivity contribution < 1.29 is 27.9 Å². The number of carbonyl (C=O) groups is 2. The van der Waals surface area contributed by atoms with Crippen molar-refractivity contribution in [2.45, 2.75) is 38.3 Å². The lowest BCUT2D eigenvalue weighted by molar-refractivity contribution is -0.146. The Labute approximate surface area is 175 Å². The maximum atomic E-state index is 12.1. The Morgan fingerprint density at radius 3 is 2.63 bits per heavy atom. The molecule has 1 aliphatic heterocycles. The molecule has 30 heavy (non-hydrogen) atoms. The maximum absolute atomic E-state index is 12.1. The fourth-order valence-electron chi connectivity index (χ4n) is 3.75. The number of sulfonamides is 1. The van der Waals surface area contributed by atoms with E-state index in [4.69, 9.17) is 4.74 Å². The van der Waals surface area contributed by atoms with Crippen LogP contribution in [0.15, 0.2) is 36.4 Å². The Morgan fingerprint density at radius 2 is 2.00 bits per heavy atom. The lowest BCUT2D eigenvalue weighted by Gasteiger charge is -2.30. The average molecular weight is 432 g/mol. The fraction of sp³-hybridized carbons (Fsp3) is 0.381. The number of carboxylic acids is 1. The molecule has 2 heterocycles. The van der Waals surface area contributed by atoms with Crippen LogP contribution in [0, 0.1) is 0 Å². The van der Waals surface area contributed by atoms with E-state index in [-0.39, 0.29) is 13.0 Å². The van der Waals surface area contributed by atoms with E-state index in [0.717, 1.165) is 15.9 Å². The second kappa shape index (κ2) is 8.16. The van der Waals surface area contributed by atoms with Gasteiger partial charge in [-0.15, -0.1) is 0 Å². The lowest BCUT2D eigenvalue weighted by Crippen LogP contribution is -2.51.